The van der Waals surface area contributed by atoms with Crippen LogP contribution in [0.15, 0.2) is 33.9 Å². The van der Waals surface area contributed by atoms with Crippen molar-refractivity contribution >= 4 is 23.3 Å². The maximum atomic E-state index is 12.8. The third-order valence-corrected chi connectivity index (χ3v) is 4.33. The zero-order valence-electron chi connectivity index (χ0n) is 14.9. The van der Waals surface area contributed by atoms with Gasteiger partial charge in [0.25, 0.3) is 5.56 Å². The van der Waals surface area contributed by atoms with Crippen LogP contribution in [-0.2, 0) is 26.8 Å². The van der Waals surface area contributed by atoms with E-state index in [2.05, 4.69) is 4.98 Å². The SMILES string of the molecule is CCn1c(/C=C/c2cccc(C(F)(F)F)c2)nc2c1c(=O)n(C)c(=O)n2C. The number of rotatable bonds is 3. The fourth-order valence-corrected chi connectivity index (χ4v) is 2.90. The topological polar surface area (TPSA) is 61.8 Å². The summed E-state index contributed by atoms with van der Waals surface area (Å²) in [6.45, 7) is 2.22. The highest BCUT2D eigenvalue weighted by Gasteiger charge is 2.30. The second kappa shape index (κ2) is 6.57. The minimum Gasteiger partial charge on any atom is -0.319 e. The fourth-order valence-electron chi connectivity index (χ4n) is 2.90. The number of alkyl halides is 3. The number of aromatic nitrogens is 4. The number of aryl methyl sites for hydroxylation is 2. The van der Waals surface area contributed by atoms with Crippen LogP contribution in [-0.4, -0.2) is 18.7 Å². The van der Waals surface area contributed by atoms with Crippen LogP contribution >= 0.6 is 0 Å². The standard InChI is InChI=1S/C18H17F3N4O2/c1-4-25-13(9-8-11-6-5-7-12(10-11)18(19,20)21)22-15-14(25)16(26)24(3)17(27)23(15)2/h5-10H,4H2,1-3H3/b9-8+. The van der Waals surface area contributed by atoms with Crippen LogP contribution in [0.25, 0.3) is 23.3 Å². The molecule has 0 unspecified atom stereocenters. The van der Waals surface area contributed by atoms with E-state index in [4.69, 9.17) is 0 Å². The quantitative estimate of drug-likeness (QED) is 0.704. The van der Waals surface area contributed by atoms with E-state index in [0.717, 1.165) is 16.7 Å². The molecule has 27 heavy (non-hydrogen) atoms. The number of halogens is 3. The van der Waals surface area contributed by atoms with Gasteiger partial charge in [-0.2, -0.15) is 13.2 Å². The van der Waals surface area contributed by atoms with E-state index >= 15 is 0 Å². The van der Waals surface area contributed by atoms with Crippen molar-refractivity contribution in [2.45, 2.75) is 19.6 Å². The van der Waals surface area contributed by atoms with E-state index in [1.165, 1.54) is 36.9 Å². The number of benzene rings is 1. The van der Waals surface area contributed by atoms with Crippen LogP contribution in [0.5, 0.6) is 0 Å². The predicted molar refractivity (Wildman–Crippen MR) is 96.3 cm³/mol. The maximum Gasteiger partial charge on any atom is 0.416 e. The Kier molecular flexibility index (Phi) is 4.54. The van der Waals surface area contributed by atoms with Gasteiger partial charge in [0.1, 0.15) is 5.82 Å². The van der Waals surface area contributed by atoms with Crippen LogP contribution in [0, 0.1) is 0 Å². The van der Waals surface area contributed by atoms with E-state index in [1.54, 1.807) is 10.6 Å². The molecule has 0 radical (unpaired) electrons. The minimum absolute atomic E-state index is 0.230. The van der Waals surface area contributed by atoms with Crippen molar-refractivity contribution in [2.75, 3.05) is 0 Å². The molecular formula is C18H17F3N4O2. The second-order valence-corrected chi connectivity index (χ2v) is 6.05. The minimum atomic E-state index is -4.43. The Labute approximate surface area is 151 Å². The summed E-state index contributed by atoms with van der Waals surface area (Å²) in [7, 11) is 2.90. The average molecular weight is 378 g/mol. The molecule has 0 amide bonds. The second-order valence-electron chi connectivity index (χ2n) is 6.05. The van der Waals surface area contributed by atoms with Gasteiger partial charge in [-0.3, -0.25) is 13.9 Å². The van der Waals surface area contributed by atoms with Gasteiger partial charge in [0.15, 0.2) is 11.2 Å². The van der Waals surface area contributed by atoms with Crippen molar-refractivity contribution < 1.29 is 13.2 Å². The Morgan fingerprint density at radius 2 is 1.81 bits per heavy atom. The fraction of sp³-hybridized carbons (Fsp3) is 0.278. The number of nitrogens with zero attached hydrogens (tertiary/aromatic N) is 4. The summed E-state index contributed by atoms with van der Waals surface area (Å²) in [6, 6.07) is 4.90. The predicted octanol–water partition coefficient (Wildman–Crippen LogP) is 2.64. The summed E-state index contributed by atoms with van der Waals surface area (Å²) in [6.07, 6.45) is -1.40. The first-order valence-electron chi connectivity index (χ1n) is 8.16. The molecule has 0 N–H and O–H groups in total. The number of hydrogen-bond acceptors (Lipinski definition) is 3. The molecule has 0 bridgehead atoms. The van der Waals surface area contributed by atoms with Crippen LogP contribution in [0.1, 0.15) is 23.9 Å². The highest BCUT2D eigenvalue weighted by Crippen LogP contribution is 2.29. The van der Waals surface area contributed by atoms with Crippen molar-refractivity contribution in [3.05, 3.63) is 62.1 Å². The van der Waals surface area contributed by atoms with Gasteiger partial charge in [-0.05, 0) is 30.7 Å². The summed E-state index contributed by atoms with van der Waals surface area (Å²) in [4.78, 5) is 28.9. The molecule has 2 heterocycles. The monoisotopic (exact) mass is 378 g/mol. The molecule has 6 nitrogen and oxygen atoms in total. The zero-order chi connectivity index (χ0) is 19.9. The normalized spacial score (nSPS) is 12.4. The van der Waals surface area contributed by atoms with E-state index < -0.39 is 23.0 Å². The summed E-state index contributed by atoms with van der Waals surface area (Å²) in [5, 5.41) is 0. The van der Waals surface area contributed by atoms with Crippen molar-refractivity contribution in [2.24, 2.45) is 14.1 Å². The number of hydrogen-bond donors (Lipinski definition) is 0. The van der Waals surface area contributed by atoms with Gasteiger partial charge in [-0.15, -0.1) is 0 Å². The lowest BCUT2D eigenvalue weighted by Crippen LogP contribution is -2.37. The molecule has 142 valence electrons. The Bertz CT molecular complexity index is 1170. The molecule has 1 aromatic carbocycles. The lowest BCUT2D eigenvalue weighted by Gasteiger charge is -2.07. The summed E-state index contributed by atoms with van der Waals surface area (Å²) in [5.74, 6) is 0.378. The van der Waals surface area contributed by atoms with Gasteiger partial charge in [-0.1, -0.05) is 18.2 Å². The summed E-state index contributed by atoms with van der Waals surface area (Å²) >= 11 is 0. The number of fused-ring (bicyclic) bond motifs is 1. The first-order chi connectivity index (χ1) is 12.6. The van der Waals surface area contributed by atoms with Gasteiger partial charge in [0.2, 0.25) is 0 Å². The lowest BCUT2D eigenvalue weighted by atomic mass is 10.1. The highest BCUT2D eigenvalue weighted by molar-refractivity contribution is 5.76. The van der Waals surface area contributed by atoms with Crippen molar-refractivity contribution in [3.63, 3.8) is 0 Å². The molecule has 0 aliphatic rings. The largest absolute Gasteiger partial charge is 0.416 e. The van der Waals surface area contributed by atoms with Gasteiger partial charge >= 0.3 is 11.9 Å². The van der Waals surface area contributed by atoms with E-state index in [9.17, 15) is 22.8 Å². The van der Waals surface area contributed by atoms with Crippen molar-refractivity contribution in [1.29, 1.82) is 0 Å². The Morgan fingerprint density at radius 3 is 2.44 bits per heavy atom. The first kappa shape index (κ1) is 18.7. The Hall–Kier alpha value is -3.10. The van der Waals surface area contributed by atoms with Crippen LogP contribution in [0.4, 0.5) is 13.2 Å². The molecule has 0 aliphatic carbocycles. The number of imidazole rings is 1. The van der Waals surface area contributed by atoms with Crippen molar-refractivity contribution in [1.82, 2.24) is 18.7 Å². The molecular weight excluding hydrogens is 361 g/mol. The molecule has 0 saturated heterocycles. The molecule has 9 heteroatoms. The molecule has 0 spiro atoms. The summed E-state index contributed by atoms with van der Waals surface area (Å²) < 4.78 is 42.4. The zero-order valence-corrected chi connectivity index (χ0v) is 14.9. The molecule has 0 aliphatic heterocycles. The third-order valence-electron chi connectivity index (χ3n) is 4.33. The Morgan fingerprint density at radius 1 is 1.11 bits per heavy atom. The lowest BCUT2D eigenvalue weighted by molar-refractivity contribution is -0.137. The molecule has 3 aromatic rings. The van der Waals surface area contributed by atoms with Crippen LogP contribution < -0.4 is 11.2 Å². The summed E-state index contributed by atoms with van der Waals surface area (Å²) in [5.41, 5.74) is -0.867. The van der Waals surface area contributed by atoms with Gasteiger partial charge in [-0.25, -0.2) is 9.78 Å². The van der Waals surface area contributed by atoms with Crippen molar-refractivity contribution in [3.8, 4) is 0 Å². The molecule has 0 saturated carbocycles. The third kappa shape index (κ3) is 3.20. The van der Waals surface area contributed by atoms with Crippen LogP contribution in [0.3, 0.4) is 0 Å². The Balaban J connectivity index is 2.15. The highest BCUT2D eigenvalue weighted by atomic mass is 19.4. The van der Waals surface area contributed by atoms with Crippen LogP contribution in [0.2, 0.25) is 0 Å². The smallest absolute Gasteiger partial charge is 0.319 e. The van der Waals surface area contributed by atoms with Gasteiger partial charge < -0.3 is 4.57 Å². The van der Waals surface area contributed by atoms with Gasteiger partial charge in [0, 0.05) is 20.6 Å². The maximum absolute atomic E-state index is 12.8. The van der Waals surface area contributed by atoms with E-state index in [1.807, 2.05) is 6.92 Å². The first-order valence-corrected chi connectivity index (χ1v) is 8.16. The average Bonchev–Trinajstić information content (AvgIpc) is 3.01. The molecule has 2 aromatic heterocycles. The molecule has 0 fully saturated rings. The van der Waals surface area contributed by atoms with Gasteiger partial charge in [0.05, 0.1) is 5.56 Å². The molecule has 0 atom stereocenters. The van der Waals surface area contributed by atoms with E-state index in [-0.39, 0.29) is 11.2 Å². The van der Waals surface area contributed by atoms with E-state index in [0.29, 0.717) is 17.9 Å². The molecule has 3 rings (SSSR count).